The molecular weight excluding hydrogens is 362 g/mol. The van der Waals surface area contributed by atoms with Crippen molar-refractivity contribution in [2.75, 3.05) is 26.4 Å². The van der Waals surface area contributed by atoms with E-state index >= 15 is 0 Å². The molecule has 0 spiro atoms. The Labute approximate surface area is 171 Å². The smallest absolute Gasteiger partial charge is 0.231 e. The molecule has 5 nitrogen and oxygen atoms in total. The third-order valence-electron chi connectivity index (χ3n) is 7.43. The van der Waals surface area contributed by atoms with Crippen molar-refractivity contribution in [3.63, 3.8) is 0 Å². The molecule has 7 rings (SSSR count). The van der Waals surface area contributed by atoms with Gasteiger partial charge in [-0.05, 0) is 61.2 Å². The summed E-state index contributed by atoms with van der Waals surface area (Å²) in [6.45, 7) is 4.64. The highest BCUT2D eigenvalue weighted by molar-refractivity contribution is 5.46. The number of nitrogens with zero attached hydrogens (tertiary/aromatic N) is 3. The molecule has 0 aliphatic carbocycles. The van der Waals surface area contributed by atoms with Gasteiger partial charge in [0.25, 0.3) is 0 Å². The van der Waals surface area contributed by atoms with Crippen molar-refractivity contribution in [3.05, 3.63) is 59.2 Å². The van der Waals surface area contributed by atoms with Crippen LogP contribution >= 0.6 is 0 Å². The van der Waals surface area contributed by atoms with Crippen molar-refractivity contribution in [1.82, 2.24) is 9.80 Å². The van der Waals surface area contributed by atoms with Crippen molar-refractivity contribution in [1.29, 1.82) is 5.26 Å². The van der Waals surface area contributed by atoms with E-state index in [9.17, 15) is 5.26 Å². The molecule has 2 bridgehead atoms. The lowest BCUT2D eigenvalue weighted by Crippen LogP contribution is -2.60. The van der Waals surface area contributed by atoms with E-state index in [0.29, 0.717) is 24.8 Å². The molecule has 0 N–H and O–H groups in total. The predicted octanol–water partition coefficient (Wildman–Crippen LogP) is 3.35. The minimum absolute atomic E-state index is 0.320. The average Bonchev–Trinajstić information content (AvgIpc) is 3.40. The van der Waals surface area contributed by atoms with Gasteiger partial charge in [0.2, 0.25) is 6.79 Å². The van der Waals surface area contributed by atoms with Crippen molar-refractivity contribution in [2.24, 2.45) is 5.92 Å². The van der Waals surface area contributed by atoms with E-state index in [-0.39, 0.29) is 0 Å². The second-order valence-electron chi connectivity index (χ2n) is 8.77. The maximum atomic E-state index is 9.55. The Bertz CT molecular complexity index is 976. The SMILES string of the molecule is N#Cc1ccccc1CN1C[C@@H](c2ccc3c(c2)OCO3)[C@@H]2[C@H]1C1CCN2CC1. The summed E-state index contributed by atoms with van der Waals surface area (Å²) >= 11 is 0. The highest BCUT2D eigenvalue weighted by Crippen LogP contribution is 2.48. The van der Waals surface area contributed by atoms with Gasteiger partial charge in [-0.3, -0.25) is 9.80 Å². The van der Waals surface area contributed by atoms with Crippen LogP contribution in [0, 0.1) is 17.2 Å². The number of hydrogen-bond acceptors (Lipinski definition) is 5. The minimum Gasteiger partial charge on any atom is -0.454 e. The van der Waals surface area contributed by atoms with E-state index in [1.807, 2.05) is 12.1 Å². The molecular formula is C24H25N3O2. The van der Waals surface area contributed by atoms with Crippen LogP contribution in [-0.4, -0.2) is 48.3 Å². The molecule has 5 heteroatoms. The minimum atomic E-state index is 0.320. The molecule has 0 amide bonds. The molecule has 2 aromatic rings. The molecule has 148 valence electrons. The first-order valence-corrected chi connectivity index (χ1v) is 10.7. The highest BCUT2D eigenvalue weighted by atomic mass is 16.7. The molecule has 5 aliphatic heterocycles. The first-order chi connectivity index (χ1) is 14.3. The quantitative estimate of drug-likeness (QED) is 0.808. The fourth-order valence-corrected chi connectivity index (χ4v) is 6.15. The van der Waals surface area contributed by atoms with Gasteiger partial charge in [-0.2, -0.15) is 5.26 Å². The average molecular weight is 387 g/mol. The third-order valence-corrected chi connectivity index (χ3v) is 7.43. The van der Waals surface area contributed by atoms with E-state index in [4.69, 9.17) is 9.47 Å². The van der Waals surface area contributed by atoms with E-state index in [2.05, 4.69) is 46.2 Å². The van der Waals surface area contributed by atoms with E-state index in [1.165, 1.54) is 31.5 Å². The fourth-order valence-electron chi connectivity index (χ4n) is 6.15. The van der Waals surface area contributed by atoms with Gasteiger partial charge < -0.3 is 9.47 Å². The van der Waals surface area contributed by atoms with Crippen molar-refractivity contribution >= 4 is 0 Å². The Kier molecular flexibility index (Phi) is 4.04. The number of likely N-dealkylation sites (tertiary alicyclic amines) is 1. The Hall–Kier alpha value is -2.55. The van der Waals surface area contributed by atoms with Crippen LogP contribution in [0.2, 0.25) is 0 Å². The Balaban J connectivity index is 1.36. The molecule has 5 heterocycles. The first kappa shape index (κ1) is 17.3. The maximum absolute atomic E-state index is 9.55. The number of ether oxygens (including phenoxy) is 2. The van der Waals surface area contributed by atoms with Gasteiger partial charge in [0.15, 0.2) is 11.5 Å². The lowest BCUT2D eigenvalue weighted by Gasteiger charge is -2.51. The molecule has 4 fully saturated rings. The topological polar surface area (TPSA) is 48.7 Å². The van der Waals surface area contributed by atoms with Crippen molar-refractivity contribution in [3.8, 4) is 17.6 Å². The summed E-state index contributed by atoms with van der Waals surface area (Å²) < 4.78 is 11.2. The normalized spacial score (nSPS) is 32.2. The van der Waals surface area contributed by atoms with Gasteiger partial charge in [-0.1, -0.05) is 24.3 Å². The second kappa shape index (κ2) is 6.76. The molecule has 5 aliphatic rings. The molecule has 2 aromatic carbocycles. The molecule has 29 heavy (non-hydrogen) atoms. The number of fused-ring (bicyclic) bond motifs is 3. The molecule has 4 saturated heterocycles. The summed E-state index contributed by atoms with van der Waals surface area (Å²) in [6, 6.07) is 18.1. The van der Waals surface area contributed by atoms with Crippen LogP contribution in [0.15, 0.2) is 42.5 Å². The molecule has 3 atom stereocenters. The van der Waals surface area contributed by atoms with Gasteiger partial charge in [-0.15, -0.1) is 0 Å². The first-order valence-electron chi connectivity index (χ1n) is 10.7. The van der Waals surface area contributed by atoms with Gasteiger partial charge in [-0.25, -0.2) is 0 Å². The Morgan fingerprint density at radius 2 is 1.83 bits per heavy atom. The Morgan fingerprint density at radius 1 is 1.00 bits per heavy atom. The van der Waals surface area contributed by atoms with Gasteiger partial charge in [0.1, 0.15) is 0 Å². The van der Waals surface area contributed by atoms with Crippen LogP contribution < -0.4 is 9.47 Å². The van der Waals surface area contributed by atoms with Gasteiger partial charge in [0, 0.05) is 31.1 Å². The summed E-state index contributed by atoms with van der Waals surface area (Å²) in [4.78, 5) is 5.38. The highest BCUT2D eigenvalue weighted by Gasteiger charge is 2.53. The monoisotopic (exact) mass is 387 g/mol. The van der Waals surface area contributed by atoms with Crippen LogP contribution in [0.5, 0.6) is 11.5 Å². The maximum Gasteiger partial charge on any atom is 0.231 e. The zero-order valence-electron chi connectivity index (χ0n) is 16.5. The standard InChI is InChI=1S/C24H25N3O2/c25-12-18-3-1-2-4-19(18)13-27-14-20(17-5-6-21-22(11-17)29-15-28-21)24-23(27)16-7-9-26(24)10-8-16/h1-6,11,16,20,23-24H,7-10,13-15H2/t20-,23+,24+/m0/s1. The summed E-state index contributed by atoms with van der Waals surface area (Å²) in [7, 11) is 0. The number of rotatable bonds is 3. The molecule has 0 saturated carbocycles. The van der Waals surface area contributed by atoms with E-state index < -0.39 is 0 Å². The zero-order valence-corrected chi connectivity index (χ0v) is 16.5. The van der Waals surface area contributed by atoms with E-state index in [0.717, 1.165) is 41.6 Å². The third kappa shape index (κ3) is 2.74. The summed E-state index contributed by atoms with van der Waals surface area (Å²) in [5, 5.41) is 9.55. The van der Waals surface area contributed by atoms with Gasteiger partial charge >= 0.3 is 0 Å². The Morgan fingerprint density at radius 3 is 2.69 bits per heavy atom. The summed E-state index contributed by atoms with van der Waals surface area (Å²) in [5.74, 6) is 2.96. The van der Waals surface area contributed by atoms with Gasteiger partial charge in [0.05, 0.1) is 11.6 Å². The van der Waals surface area contributed by atoms with Crippen molar-refractivity contribution < 1.29 is 9.47 Å². The van der Waals surface area contributed by atoms with Crippen molar-refractivity contribution in [2.45, 2.75) is 37.4 Å². The predicted molar refractivity (Wildman–Crippen MR) is 109 cm³/mol. The van der Waals surface area contributed by atoms with Crippen LogP contribution in [0.3, 0.4) is 0 Å². The molecule has 0 aromatic heterocycles. The zero-order chi connectivity index (χ0) is 19.4. The number of benzene rings is 2. The number of hydrogen-bond donors (Lipinski definition) is 0. The van der Waals surface area contributed by atoms with Crippen LogP contribution in [0.4, 0.5) is 0 Å². The second-order valence-corrected chi connectivity index (χ2v) is 8.77. The largest absolute Gasteiger partial charge is 0.454 e. The van der Waals surface area contributed by atoms with Crippen LogP contribution in [0.25, 0.3) is 0 Å². The summed E-state index contributed by atoms with van der Waals surface area (Å²) in [5.41, 5.74) is 3.31. The summed E-state index contributed by atoms with van der Waals surface area (Å²) in [6.07, 6.45) is 2.59. The molecule has 0 radical (unpaired) electrons. The van der Waals surface area contributed by atoms with Crippen LogP contribution in [0.1, 0.15) is 35.4 Å². The fraction of sp³-hybridized carbons (Fsp3) is 0.458. The molecule has 0 unspecified atom stereocenters. The lowest BCUT2D eigenvalue weighted by molar-refractivity contribution is -0.00871. The van der Waals surface area contributed by atoms with Crippen LogP contribution in [-0.2, 0) is 6.54 Å². The van der Waals surface area contributed by atoms with E-state index in [1.54, 1.807) is 0 Å². The number of piperidine rings is 3. The lowest BCUT2D eigenvalue weighted by atomic mass is 9.75. The number of nitriles is 1.